The normalized spacial score (nSPS) is 27.0. The summed E-state index contributed by atoms with van der Waals surface area (Å²) < 4.78 is 0. The Morgan fingerprint density at radius 3 is 2.59 bits per heavy atom. The molecule has 3 fully saturated rings. The molecule has 2 heterocycles. The molecule has 2 aliphatic heterocycles. The molecule has 1 atom stereocenters. The zero-order valence-corrected chi connectivity index (χ0v) is 13.6. The molecule has 2 N–H and O–H groups in total. The van der Waals surface area contributed by atoms with E-state index in [-0.39, 0.29) is 17.9 Å². The van der Waals surface area contributed by atoms with E-state index in [2.05, 4.69) is 5.32 Å². The molecule has 0 aromatic rings. The highest BCUT2D eigenvalue weighted by molar-refractivity contribution is 5.91. The highest BCUT2D eigenvalue weighted by atomic mass is 16.2. The smallest absolute Gasteiger partial charge is 0.242 e. The Balaban J connectivity index is 1.43. The first-order chi connectivity index (χ1) is 10.8. The molecule has 0 radical (unpaired) electrons. The first kappa shape index (κ1) is 15.8. The van der Waals surface area contributed by atoms with Crippen LogP contribution < -0.4 is 10.2 Å². The number of hydrogen-bond donors (Lipinski definition) is 2. The van der Waals surface area contributed by atoms with Crippen LogP contribution in [0.1, 0.15) is 57.8 Å². The summed E-state index contributed by atoms with van der Waals surface area (Å²) in [5.74, 6) is 0.266. The third-order valence-electron chi connectivity index (χ3n) is 5.59. The predicted molar refractivity (Wildman–Crippen MR) is 84.5 cm³/mol. The van der Waals surface area contributed by atoms with E-state index in [4.69, 9.17) is 0 Å². The fraction of sp³-hybridized carbons (Fsp3) is 0.882. The van der Waals surface area contributed by atoms with Crippen molar-refractivity contribution in [1.82, 2.24) is 10.2 Å². The number of rotatable bonds is 6. The van der Waals surface area contributed by atoms with E-state index in [1.165, 1.54) is 38.8 Å². The van der Waals surface area contributed by atoms with E-state index in [1.54, 1.807) is 4.90 Å². The van der Waals surface area contributed by atoms with Gasteiger partial charge in [-0.2, -0.15) is 0 Å². The molecule has 0 bridgehead atoms. The Morgan fingerprint density at radius 1 is 1.14 bits per heavy atom. The van der Waals surface area contributed by atoms with Crippen LogP contribution in [0.2, 0.25) is 0 Å². The van der Waals surface area contributed by atoms with Gasteiger partial charge in [0.25, 0.3) is 0 Å². The molecule has 0 aromatic carbocycles. The average molecular weight is 308 g/mol. The van der Waals surface area contributed by atoms with Gasteiger partial charge in [0.05, 0.1) is 19.6 Å². The van der Waals surface area contributed by atoms with Crippen molar-refractivity contribution in [3.05, 3.63) is 0 Å². The van der Waals surface area contributed by atoms with Crippen LogP contribution in [0.15, 0.2) is 0 Å². The molecule has 3 rings (SSSR count). The van der Waals surface area contributed by atoms with E-state index < -0.39 is 0 Å². The van der Waals surface area contributed by atoms with Gasteiger partial charge in [-0.1, -0.05) is 12.8 Å². The minimum Gasteiger partial charge on any atom is -0.354 e. The van der Waals surface area contributed by atoms with Gasteiger partial charge in [-0.15, -0.1) is 0 Å². The molecule has 2 saturated heterocycles. The van der Waals surface area contributed by atoms with Crippen molar-refractivity contribution in [2.75, 3.05) is 26.2 Å². The van der Waals surface area contributed by atoms with E-state index in [0.717, 1.165) is 32.4 Å². The van der Waals surface area contributed by atoms with E-state index in [1.807, 2.05) is 4.90 Å². The Bertz CT molecular complexity index is 401. The topological polar surface area (TPSA) is 53.9 Å². The van der Waals surface area contributed by atoms with Crippen molar-refractivity contribution >= 4 is 11.8 Å². The lowest BCUT2D eigenvalue weighted by molar-refractivity contribution is -0.887. The summed E-state index contributed by atoms with van der Waals surface area (Å²) in [7, 11) is 0. The second-order valence-corrected chi connectivity index (χ2v) is 7.15. The molecule has 0 aromatic heterocycles. The summed E-state index contributed by atoms with van der Waals surface area (Å²) in [5.41, 5.74) is 0. The van der Waals surface area contributed by atoms with Crippen LogP contribution in [0.5, 0.6) is 0 Å². The lowest BCUT2D eigenvalue weighted by atomic mass is 10.1. The predicted octanol–water partition coefficient (Wildman–Crippen LogP) is 0.105. The molecule has 3 aliphatic rings. The highest BCUT2D eigenvalue weighted by Gasteiger charge is 2.40. The zero-order chi connectivity index (χ0) is 15.4. The fourth-order valence-corrected chi connectivity index (χ4v) is 4.39. The SMILES string of the molecule is O=C(NCCC[NH+]1CCCC1)C1CCC(=O)N1C1CCCC1. The van der Waals surface area contributed by atoms with Crippen molar-refractivity contribution in [2.24, 2.45) is 0 Å². The van der Waals surface area contributed by atoms with Gasteiger partial charge in [0.1, 0.15) is 6.04 Å². The summed E-state index contributed by atoms with van der Waals surface area (Å²) in [4.78, 5) is 28.2. The Labute approximate surface area is 133 Å². The van der Waals surface area contributed by atoms with Gasteiger partial charge in [-0.3, -0.25) is 9.59 Å². The van der Waals surface area contributed by atoms with Gasteiger partial charge in [-0.05, 0) is 19.3 Å². The summed E-state index contributed by atoms with van der Waals surface area (Å²) in [5, 5.41) is 3.08. The monoisotopic (exact) mass is 308 g/mol. The maximum Gasteiger partial charge on any atom is 0.242 e. The van der Waals surface area contributed by atoms with Crippen molar-refractivity contribution < 1.29 is 14.5 Å². The number of amides is 2. The fourth-order valence-electron chi connectivity index (χ4n) is 4.39. The molecule has 22 heavy (non-hydrogen) atoms. The second kappa shape index (κ2) is 7.44. The van der Waals surface area contributed by atoms with Crippen LogP contribution in [-0.4, -0.2) is 55.0 Å². The molecule has 0 spiro atoms. The number of carbonyl (C=O) groups is 2. The molecule has 5 heteroatoms. The van der Waals surface area contributed by atoms with Crippen LogP contribution in [0.25, 0.3) is 0 Å². The molecular formula is C17H30N3O2+. The van der Waals surface area contributed by atoms with Gasteiger partial charge in [0, 0.05) is 38.3 Å². The van der Waals surface area contributed by atoms with Crippen molar-refractivity contribution in [2.45, 2.75) is 69.9 Å². The minimum atomic E-state index is -0.199. The van der Waals surface area contributed by atoms with Gasteiger partial charge in [-0.25, -0.2) is 0 Å². The van der Waals surface area contributed by atoms with Crippen molar-refractivity contribution in [1.29, 1.82) is 0 Å². The van der Waals surface area contributed by atoms with Gasteiger partial charge in [0.2, 0.25) is 11.8 Å². The number of carbonyl (C=O) groups excluding carboxylic acids is 2. The van der Waals surface area contributed by atoms with E-state index in [9.17, 15) is 9.59 Å². The Kier molecular flexibility index (Phi) is 5.34. The summed E-state index contributed by atoms with van der Waals surface area (Å²) in [6.45, 7) is 4.50. The Morgan fingerprint density at radius 2 is 1.86 bits per heavy atom. The number of likely N-dealkylation sites (tertiary alicyclic amines) is 2. The van der Waals surface area contributed by atoms with Crippen LogP contribution in [0.4, 0.5) is 0 Å². The van der Waals surface area contributed by atoms with Crippen molar-refractivity contribution in [3.8, 4) is 0 Å². The summed E-state index contributed by atoms with van der Waals surface area (Å²) >= 11 is 0. The second-order valence-electron chi connectivity index (χ2n) is 7.15. The summed E-state index contributed by atoms with van der Waals surface area (Å²) in [6, 6.07) is 0.120. The molecule has 1 unspecified atom stereocenters. The summed E-state index contributed by atoms with van der Waals surface area (Å²) in [6.07, 6.45) is 9.55. The first-order valence-electron chi connectivity index (χ1n) is 9.18. The zero-order valence-electron chi connectivity index (χ0n) is 13.6. The lowest BCUT2D eigenvalue weighted by Gasteiger charge is -2.30. The maximum absolute atomic E-state index is 12.4. The lowest BCUT2D eigenvalue weighted by Crippen LogP contribution is -3.10. The van der Waals surface area contributed by atoms with E-state index >= 15 is 0 Å². The Hall–Kier alpha value is -1.10. The molecule has 124 valence electrons. The molecule has 2 amide bonds. The van der Waals surface area contributed by atoms with Crippen LogP contribution >= 0.6 is 0 Å². The van der Waals surface area contributed by atoms with Gasteiger partial charge >= 0.3 is 0 Å². The molecule has 1 saturated carbocycles. The maximum atomic E-state index is 12.4. The molecule has 5 nitrogen and oxygen atoms in total. The minimum absolute atomic E-state index is 0.0779. The third-order valence-corrected chi connectivity index (χ3v) is 5.59. The number of nitrogens with zero attached hydrogens (tertiary/aromatic N) is 1. The van der Waals surface area contributed by atoms with Crippen LogP contribution in [0, 0.1) is 0 Å². The number of quaternary nitrogens is 1. The number of nitrogens with one attached hydrogen (secondary N) is 2. The standard InChI is InChI=1S/C17H29N3O2/c21-16-9-8-15(20(16)14-6-1-2-7-14)17(22)18-10-5-13-19-11-3-4-12-19/h14-15H,1-13H2,(H,18,22)/p+1. The first-order valence-corrected chi connectivity index (χ1v) is 9.18. The van der Waals surface area contributed by atoms with Crippen molar-refractivity contribution in [3.63, 3.8) is 0 Å². The van der Waals surface area contributed by atoms with Gasteiger partial charge in [0.15, 0.2) is 0 Å². The molecular weight excluding hydrogens is 278 g/mol. The third kappa shape index (κ3) is 3.62. The largest absolute Gasteiger partial charge is 0.354 e. The average Bonchev–Trinajstić information content (AvgIpc) is 3.24. The number of hydrogen-bond acceptors (Lipinski definition) is 2. The van der Waals surface area contributed by atoms with E-state index in [0.29, 0.717) is 18.9 Å². The van der Waals surface area contributed by atoms with Gasteiger partial charge < -0.3 is 15.1 Å². The van der Waals surface area contributed by atoms with Crippen LogP contribution in [0.3, 0.4) is 0 Å². The van der Waals surface area contributed by atoms with Crippen LogP contribution in [-0.2, 0) is 9.59 Å². The quantitative estimate of drug-likeness (QED) is 0.684. The molecule has 1 aliphatic carbocycles. The highest BCUT2D eigenvalue weighted by Crippen LogP contribution is 2.30.